The number of alkyl halides is 3. The summed E-state index contributed by atoms with van der Waals surface area (Å²) >= 11 is 0. The van der Waals surface area contributed by atoms with Crippen molar-refractivity contribution in [2.75, 3.05) is 25.1 Å². The molecular weight excluding hydrogens is 345 g/mol. The summed E-state index contributed by atoms with van der Waals surface area (Å²) in [7, 11) is -3.33. The van der Waals surface area contributed by atoms with Gasteiger partial charge in [0.25, 0.3) is 0 Å². The highest BCUT2D eigenvalue weighted by atomic mass is 32.2. The van der Waals surface area contributed by atoms with Crippen LogP contribution >= 0.6 is 0 Å². The van der Waals surface area contributed by atoms with Crippen molar-refractivity contribution in [3.05, 3.63) is 29.3 Å². The normalized spacial score (nSPS) is 19.7. The van der Waals surface area contributed by atoms with Gasteiger partial charge in [-0.05, 0) is 31.2 Å². The van der Waals surface area contributed by atoms with E-state index in [1.54, 1.807) is 0 Å². The molecule has 1 fully saturated rings. The molecule has 0 saturated carbocycles. The van der Waals surface area contributed by atoms with E-state index >= 15 is 0 Å². The van der Waals surface area contributed by atoms with Gasteiger partial charge in [-0.1, -0.05) is 0 Å². The van der Waals surface area contributed by atoms with Gasteiger partial charge in [0.05, 0.1) is 22.9 Å². The van der Waals surface area contributed by atoms with Crippen molar-refractivity contribution in [1.29, 1.82) is 5.26 Å². The Balaban J connectivity index is 2.27. The molecule has 1 heterocycles. The van der Waals surface area contributed by atoms with Crippen molar-refractivity contribution in [3.63, 3.8) is 0 Å². The van der Waals surface area contributed by atoms with E-state index < -0.39 is 33.2 Å². The minimum absolute atomic E-state index is 0.0556. The van der Waals surface area contributed by atoms with Gasteiger partial charge in [-0.2, -0.15) is 18.4 Å². The lowest BCUT2D eigenvalue weighted by molar-refractivity contribution is -0.137. The standard InChI is InChI=1S/C15H17F3N2O3S/c1-24(21,22)9-14(10-4-5-20-8-10)23-12-2-3-13(15(16,17)18)11(6-12)7-19/h2-3,6,10,14,20H,4-5,8-9H2,1H3/t10-,14-/m1/s1. The van der Waals surface area contributed by atoms with Gasteiger partial charge in [0.2, 0.25) is 0 Å². The maximum absolute atomic E-state index is 12.8. The van der Waals surface area contributed by atoms with Crippen LogP contribution in [0, 0.1) is 17.2 Å². The highest BCUT2D eigenvalue weighted by Crippen LogP contribution is 2.34. The van der Waals surface area contributed by atoms with Gasteiger partial charge in [-0.15, -0.1) is 0 Å². The molecule has 2 atom stereocenters. The van der Waals surface area contributed by atoms with Gasteiger partial charge in [0.15, 0.2) is 9.84 Å². The summed E-state index contributed by atoms with van der Waals surface area (Å²) in [5.41, 5.74) is -1.60. The molecule has 0 radical (unpaired) electrons. The second kappa shape index (κ2) is 6.99. The number of halogens is 3. The van der Waals surface area contributed by atoms with Crippen LogP contribution in [0.25, 0.3) is 0 Å². The van der Waals surface area contributed by atoms with Crippen molar-refractivity contribution < 1.29 is 26.3 Å². The Bertz CT molecular complexity index is 735. The number of benzene rings is 1. The molecule has 1 aromatic rings. The van der Waals surface area contributed by atoms with Crippen LogP contribution in [0.3, 0.4) is 0 Å². The lowest BCUT2D eigenvalue weighted by atomic mass is 10.0. The van der Waals surface area contributed by atoms with E-state index in [-0.39, 0.29) is 17.4 Å². The monoisotopic (exact) mass is 362 g/mol. The van der Waals surface area contributed by atoms with Crippen molar-refractivity contribution in [2.24, 2.45) is 5.92 Å². The predicted octanol–water partition coefficient (Wildman–Crippen LogP) is 1.98. The molecule has 1 aliphatic rings. The summed E-state index contributed by atoms with van der Waals surface area (Å²) in [6.45, 7) is 1.30. The van der Waals surface area contributed by atoms with Crippen molar-refractivity contribution in [1.82, 2.24) is 5.32 Å². The number of nitrogens with one attached hydrogen (secondary N) is 1. The van der Waals surface area contributed by atoms with Crippen LogP contribution in [-0.2, 0) is 16.0 Å². The predicted molar refractivity (Wildman–Crippen MR) is 81.3 cm³/mol. The zero-order chi connectivity index (χ0) is 18.0. The van der Waals surface area contributed by atoms with E-state index in [1.165, 1.54) is 6.07 Å². The summed E-state index contributed by atoms with van der Waals surface area (Å²) in [4.78, 5) is 0. The zero-order valence-corrected chi connectivity index (χ0v) is 13.7. The Labute approximate surface area is 138 Å². The maximum atomic E-state index is 12.8. The second-order valence-electron chi connectivity index (χ2n) is 5.82. The Morgan fingerprint density at radius 2 is 2.17 bits per heavy atom. The average Bonchev–Trinajstić information content (AvgIpc) is 2.98. The maximum Gasteiger partial charge on any atom is 0.417 e. The number of hydrogen-bond donors (Lipinski definition) is 1. The average molecular weight is 362 g/mol. The second-order valence-corrected chi connectivity index (χ2v) is 8.00. The first-order valence-corrected chi connectivity index (χ1v) is 9.32. The Morgan fingerprint density at radius 1 is 1.46 bits per heavy atom. The number of ether oxygens (including phenoxy) is 1. The molecule has 1 saturated heterocycles. The molecule has 132 valence electrons. The van der Waals surface area contributed by atoms with Gasteiger partial charge >= 0.3 is 6.18 Å². The molecule has 2 rings (SSSR count). The fourth-order valence-corrected chi connectivity index (χ4v) is 3.61. The van der Waals surface area contributed by atoms with E-state index in [1.807, 2.05) is 0 Å². The third-order valence-corrected chi connectivity index (χ3v) is 4.73. The molecule has 0 spiro atoms. The molecule has 5 nitrogen and oxygen atoms in total. The third kappa shape index (κ3) is 4.85. The molecule has 0 amide bonds. The van der Waals surface area contributed by atoms with Crippen LogP contribution in [0.4, 0.5) is 13.2 Å². The molecular formula is C15H17F3N2O3S. The van der Waals surface area contributed by atoms with Crippen LogP contribution in [0.1, 0.15) is 17.5 Å². The minimum atomic E-state index is -4.63. The van der Waals surface area contributed by atoms with Gasteiger partial charge in [-0.3, -0.25) is 0 Å². The van der Waals surface area contributed by atoms with E-state index in [4.69, 9.17) is 10.00 Å². The summed E-state index contributed by atoms with van der Waals surface area (Å²) in [5.74, 6) is -0.241. The van der Waals surface area contributed by atoms with E-state index in [9.17, 15) is 21.6 Å². The smallest absolute Gasteiger partial charge is 0.417 e. The van der Waals surface area contributed by atoms with Crippen LogP contribution < -0.4 is 10.1 Å². The number of rotatable bonds is 5. The Kier molecular flexibility index (Phi) is 5.40. The molecule has 0 unspecified atom stereocenters. The van der Waals surface area contributed by atoms with Gasteiger partial charge in [-0.25, -0.2) is 8.42 Å². The quantitative estimate of drug-likeness (QED) is 0.866. The number of hydrogen-bond acceptors (Lipinski definition) is 5. The highest BCUT2D eigenvalue weighted by Gasteiger charge is 2.34. The van der Waals surface area contributed by atoms with Crippen LogP contribution in [0.2, 0.25) is 0 Å². The Hall–Kier alpha value is -1.79. The summed E-state index contributed by atoms with van der Waals surface area (Å²) in [6.07, 6.45) is -3.52. The van der Waals surface area contributed by atoms with Gasteiger partial charge < -0.3 is 10.1 Å². The van der Waals surface area contributed by atoms with Crippen LogP contribution in [0.5, 0.6) is 5.75 Å². The number of sulfone groups is 1. The molecule has 1 N–H and O–H groups in total. The fourth-order valence-electron chi connectivity index (χ4n) is 2.67. The summed E-state index contributed by atoms with van der Waals surface area (Å²) in [6, 6.07) is 4.39. The highest BCUT2D eigenvalue weighted by molar-refractivity contribution is 7.90. The molecule has 1 aliphatic heterocycles. The first kappa shape index (κ1) is 18.5. The molecule has 1 aromatic carbocycles. The molecule has 0 bridgehead atoms. The zero-order valence-electron chi connectivity index (χ0n) is 12.9. The fraction of sp³-hybridized carbons (Fsp3) is 0.533. The number of nitriles is 1. The van der Waals surface area contributed by atoms with Crippen LogP contribution in [-0.4, -0.2) is 39.6 Å². The first-order valence-electron chi connectivity index (χ1n) is 7.26. The summed E-state index contributed by atoms with van der Waals surface area (Å²) < 4.78 is 67.3. The van der Waals surface area contributed by atoms with E-state index in [2.05, 4.69) is 5.32 Å². The molecule has 0 aliphatic carbocycles. The summed E-state index contributed by atoms with van der Waals surface area (Å²) in [5, 5.41) is 12.0. The molecule has 24 heavy (non-hydrogen) atoms. The van der Waals surface area contributed by atoms with E-state index in [0.717, 1.165) is 31.0 Å². The molecule has 0 aromatic heterocycles. The van der Waals surface area contributed by atoms with Crippen molar-refractivity contribution in [2.45, 2.75) is 18.7 Å². The Morgan fingerprint density at radius 3 is 2.67 bits per heavy atom. The first-order chi connectivity index (χ1) is 11.1. The van der Waals surface area contributed by atoms with Gasteiger partial charge in [0, 0.05) is 18.7 Å². The minimum Gasteiger partial charge on any atom is -0.489 e. The van der Waals surface area contributed by atoms with Crippen molar-refractivity contribution in [3.8, 4) is 11.8 Å². The third-order valence-electron chi connectivity index (χ3n) is 3.80. The van der Waals surface area contributed by atoms with Gasteiger partial charge in [0.1, 0.15) is 11.9 Å². The molecule has 9 heteroatoms. The SMILES string of the molecule is CS(=O)(=O)C[C@@H](Oc1ccc(C(F)(F)F)c(C#N)c1)[C@@H]1CCNC1. The lowest BCUT2D eigenvalue weighted by Gasteiger charge is -2.24. The number of nitrogens with zero attached hydrogens (tertiary/aromatic N) is 1. The van der Waals surface area contributed by atoms with Crippen LogP contribution in [0.15, 0.2) is 18.2 Å². The topological polar surface area (TPSA) is 79.2 Å². The van der Waals surface area contributed by atoms with E-state index in [0.29, 0.717) is 13.0 Å². The largest absolute Gasteiger partial charge is 0.489 e. The lowest BCUT2D eigenvalue weighted by Crippen LogP contribution is -2.35. The van der Waals surface area contributed by atoms with Crippen molar-refractivity contribution >= 4 is 9.84 Å².